The second-order valence-corrected chi connectivity index (χ2v) is 6.45. The van der Waals surface area contributed by atoms with E-state index in [-0.39, 0.29) is 11.3 Å². The number of carbonyl (C=O) groups is 1. The van der Waals surface area contributed by atoms with E-state index in [4.69, 9.17) is 5.73 Å². The number of primary amides is 1. The first-order valence-electron chi connectivity index (χ1n) is 6.84. The average Bonchev–Trinajstić information content (AvgIpc) is 2.65. The van der Waals surface area contributed by atoms with Gasteiger partial charge in [0, 0.05) is 37.3 Å². The smallest absolute Gasteiger partial charge is 0.239 e. The number of rotatable bonds is 6. The molecule has 6 heteroatoms. The summed E-state index contributed by atoms with van der Waals surface area (Å²) < 4.78 is 1.74. The molecule has 0 aromatic carbocycles. The van der Waals surface area contributed by atoms with Crippen molar-refractivity contribution in [1.82, 2.24) is 20.0 Å². The molecule has 0 radical (unpaired) electrons. The van der Waals surface area contributed by atoms with Crippen LogP contribution in [-0.2, 0) is 17.3 Å². The summed E-state index contributed by atoms with van der Waals surface area (Å²) in [6, 6.07) is -0.502. The third-order valence-electron chi connectivity index (χ3n) is 3.07. The van der Waals surface area contributed by atoms with Crippen LogP contribution in [0.2, 0.25) is 0 Å². The van der Waals surface area contributed by atoms with Gasteiger partial charge in [-0.1, -0.05) is 20.8 Å². The first-order valence-corrected chi connectivity index (χ1v) is 6.84. The van der Waals surface area contributed by atoms with E-state index >= 15 is 0 Å². The molecule has 0 aliphatic rings. The predicted molar refractivity (Wildman–Crippen MR) is 80.4 cm³/mol. The van der Waals surface area contributed by atoms with Crippen LogP contribution in [-0.4, -0.2) is 47.8 Å². The fourth-order valence-electron chi connectivity index (χ4n) is 2.10. The van der Waals surface area contributed by atoms with Gasteiger partial charge in [0.15, 0.2) is 0 Å². The fraction of sp³-hybridized carbons (Fsp3) is 0.714. The molecule has 1 rings (SSSR count). The minimum atomic E-state index is -0.502. The summed E-state index contributed by atoms with van der Waals surface area (Å²) in [4.78, 5) is 13.8. The Morgan fingerprint density at radius 1 is 1.50 bits per heavy atom. The van der Waals surface area contributed by atoms with Crippen LogP contribution in [0.25, 0.3) is 0 Å². The summed E-state index contributed by atoms with van der Waals surface area (Å²) in [6.45, 7) is 7.78. The molecular formula is C14H27N5O. The van der Waals surface area contributed by atoms with Crippen molar-refractivity contribution in [2.45, 2.75) is 32.2 Å². The second kappa shape index (κ2) is 6.37. The molecule has 0 bridgehead atoms. The molecule has 6 nitrogen and oxygen atoms in total. The van der Waals surface area contributed by atoms with Gasteiger partial charge >= 0.3 is 0 Å². The molecule has 1 amide bonds. The number of aromatic nitrogens is 2. The SMILES string of the molecule is CN(C)CCNC(C(N)=O)c1cn(C)nc1C(C)(C)C. The van der Waals surface area contributed by atoms with Crippen molar-refractivity contribution < 1.29 is 4.79 Å². The summed E-state index contributed by atoms with van der Waals surface area (Å²) in [5, 5.41) is 7.71. The molecule has 1 atom stereocenters. The highest BCUT2D eigenvalue weighted by Gasteiger charge is 2.29. The van der Waals surface area contributed by atoms with Gasteiger partial charge < -0.3 is 16.0 Å². The Labute approximate surface area is 121 Å². The lowest BCUT2D eigenvalue weighted by Gasteiger charge is -2.22. The van der Waals surface area contributed by atoms with Gasteiger partial charge in [-0.2, -0.15) is 5.10 Å². The summed E-state index contributed by atoms with van der Waals surface area (Å²) >= 11 is 0. The Balaban J connectivity index is 3.00. The van der Waals surface area contributed by atoms with Gasteiger partial charge in [-0.3, -0.25) is 9.48 Å². The van der Waals surface area contributed by atoms with Crippen LogP contribution >= 0.6 is 0 Å². The number of likely N-dealkylation sites (N-methyl/N-ethyl adjacent to an activating group) is 1. The highest BCUT2D eigenvalue weighted by molar-refractivity contribution is 5.81. The molecular weight excluding hydrogens is 254 g/mol. The van der Waals surface area contributed by atoms with Gasteiger partial charge in [0.25, 0.3) is 0 Å². The molecule has 0 fully saturated rings. The van der Waals surface area contributed by atoms with Gasteiger partial charge in [0.05, 0.1) is 5.69 Å². The molecule has 0 spiro atoms. The first-order chi connectivity index (χ1) is 9.12. The van der Waals surface area contributed by atoms with Crippen molar-refractivity contribution in [3.63, 3.8) is 0 Å². The zero-order valence-corrected chi connectivity index (χ0v) is 13.4. The number of nitrogens with two attached hydrogens (primary N) is 1. The Morgan fingerprint density at radius 2 is 2.10 bits per heavy atom. The largest absolute Gasteiger partial charge is 0.368 e. The Kier molecular flexibility index (Phi) is 5.30. The second-order valence-electron chi connectivity index (χ2n) is 6.45. The molecule has 114 valence electrons. The number of hydrogen-bond acceptors (Lipinski definition) is 4. The molecule has 1 aromatic heterocycles. The summed E-state index contributed by atoms with van der Waals surface area (Å²) in [5.41, 5.74) is 7.19. The van der Waals surface area contributed by atoms with Crippen LogP contribution in [0.1, 0.15) is 38.1 Å². The van der Waals surface area contributed by atoms with E-state index in [0.29, 0.717) is 6.54 Å². The average molecular weight is 281 g/mol. The van der Waals surface area contributed by atoms with Crippen LogP contribution in [0, 0.1) is 0 Å². The first kappa shape index (κ1) is 16.7. The van der Waals surface area contributed by atoms with Crippen molar-refractivity contribution in [3.05, 3.63) is 17.5 Å². The lowest BCUT2D eigenvalue weighted by molar-refractivity contribution is -0.120. The topological polar surface area (TPSA) is 76.2 Å². The normalized spacial score (nSPS) is 13.8. The lowest BCUT2D eigenvalue weighted by Crippen LogP contribution is -2.38. The van der Waals surface area contributed by atoms with E-state index in [1.807, 2.05) is 27.3 Å². The van der Waals surface area contributed by atoms with Gasteiger partial charge in [0.2, 0.25) is 5.91 Å². The van der Waals surface area contributed by atoms with Crippen LogP contribution in [0.3, 0.4) is 0 Å². The minimum absolute atomic E-state index is 0.131. The fourth-order valence-corrected chi connectivity index (χ4v) is 2.10. The Morgan fingerprint density at radius 3 is 2.55 bits per heavy atom. The standard InChI is InChI=1S/C14H27N5O/c1-14(2,3)12-10(9-19(6)17-12)11(13(15)20)16-7-8-18(4)5/h9,11,16H,7-8H2,1-6H3,(H2,15,20). The molecule has 1 aromatic rings. The van der Waals surface area contributed by atoms with Gasteiger partial charge in [0.1, 0.15) is 6.04 Å². The molecule has 0 aliphatic heterocycles. The van der Waals surface area contributed by atoms with E-state index < -0.39 is 6.04 Å². The van der Waals surface area contributed by atoms with Gasteiger partial charge in [-0.25, -0.2) is 0 Å². The lowest BCUT2D eigenvalue weighted by atomic mass is 9.87. The third-order valence-corrected chi connectivity index (χ3v) is 3.07. The molecule has 1 unspecified atom stereocenters. The highest BCUT2D eigenvalue weighted by atomic mass is 16.1. The number of nitrogens with zero attached hydrogens (tertiary/aromatic N) is 3. The Hall–Kier alpha value is -1.40. The zero-order valence-electron chi connectivity index (χ0n) is 13.4. The summed E-state index contributed by atoms with van der Waals surface area (Å²) in [6.07, 6.45) is 1.87. The molecule has 20 heavy (non-hydrogen) atoms. The predicted octanol–water partition coefficient (Wildman–Crippen LogP) is 0.395. The molecule has 0 saturated heterocycles. The van der Waals surface area contributed by atoms with Crippen LogP contribution in [0.15, 0.2) is 6.20 Å². The van der Waals surface area contributed by atoms with E-state index in [0.717, 1.165) is 17.8 Å². The number of hydrogen-bond donors (Lipinski definition) is 2. The van der Waals surface area contributed by atoms with Crippen molar-refractivity contribution in [2.75, 3.05) is 27.2 Å². The molecule has 3 N–H and O–H groups in total. The monoisotopic (exact) mass is 281 g/mol. The van der Waals surface area contributed by atoms with Gasteiger partial charge in [-0.05, 0) is 14.1 Å². The highest BCUT2D eigenvalue weighted by Crippen LogP contribution is 2.28. The van der Waals surface area contributed by atoms with Gasteiger partial charge in [-0.15, -0.1) is 0 Å². The van der Waals surface area contributed by atoms with Crippen LogP contribution in [0.4, 0.5) is 0 Å². The summed E-state index contributed by atoms with van der Waals surface area (Å²) in [7, 11) is 5.84. The number of nitrogens with one attached hydrogen (secondary N) is 1. The zero-order chi connectivity index (χ0) is 15.5. The Bertz CT molecular complexity index is 459. The maximum Gasteiger partial charge on any atom is 0.239 e. The maximum absolute atomic E-state index is 11.8. The van der Waals surface area contributed by atoms with E-state index in [9.17, 15) is 4.79 Å². The van der Waals surface area contributed by atoms with Crippen LogP contribution < -0.4 is 11.1 Å². The number of aryl methyl sites for hydroxylation is 1. The van der Waals surface area contributed by atoms with Crippen molar-refractivity contribution in [3.8, 4) is 0 Å². The quantitative estimate of drug-likeness (QED) is 0.791. The minimum Gasteiger partial charge on any atom is -0.368 e. The number of amides is 1. The van der Waals surface area contributed by atoms with Crippen molar-refractivity contribution in [1.29, 1.82) is 0 Å². The number of carbonyl (C=O) groups excluding carboxylic acids is 1. The summed E-state index contributed by atoms with van der Waals surface area (Å²) in [5.74, 6) is -0.373. The van der Waals surface area contributed by atoms with E-state index in [2.05, 4.69) is 36.1 Å². The van der Waals surface area contributed by atoms with Crippen molar-refractivity contribution in [2.24, 2.45) is 12.8 Å². The van der Waals surface area contributed by atoms with Crippen LogP contribution in [0.5, 0.6) is 0 Å². The molecule has 0 aliphatic carbocycles. The molecule has 0 saturated carbocycles. The van der Waals surface area contributed by atoms with Crippen molar-refractivity contribution >= 4 is 5.91 Å². The third kappa shape index (κ3) is 4.31. The van der Waals surface area contributed by atoms with E-state index in [1.54, 1.807) is 4.68 Å². The maximum atomic E-state index is 11.8. The van der Waals surface area contributed by atoms with E-state index in [1.165, 1.54) is 0 Å². The molecule has 1 heterocycles.